The van der Waals surface area contributed by atoms with E-state index in [4.69, 9.17) is 9.47 Å². The van der Waals surface area contributed by atoms with Crippen LogP contribution in [0.3, 0.4) is 0 Å². The molecule has 1 N–H and O–H groups in total. The van der Waals surface area contributed by atoms with Gasteiger partial charge in [-0.2, -0.15) is 0 Å². The first kappa shape index (κ1) is 12.8. The molecule has 1 heterocycles. The zero-order chi connectivity index (χ0) is 13.3. The largest absolute Gasteiger partial charge is 0.490 e. The monoisotopic (exact) mass is 261 g/mol. The molecule has 1 unspecified atom stereocenters. The lowest BCUT2D eigenvalue weighted by Gasteiger charge is -2.10. The standard InChI is InChI=1S/C16H23NO2/c1-16(2)9-13(16)11-17-10-12-4-5-14-15(8-12)19-7-3-6-18-14/h4-5,8,13,17H,3,6-7,9-11H2,1-2H3. The third-order valence-corrected chi connectivity index (χ3v) is 4.25. The van der Waals surface area contributed by atoms with Crippen molar-refractivity contribution in [2.45, 2.75) is 33.2 Å². The van der Waals surface area contributed by atoms with Crippen LogP contribution in [0.1, 0.15) is 32.3 Å². The molecule has 1 saturated carbocycles. The summed E-state index contributed by atoms with van der Waals surface area (Å²) in [7, 11) is 0. The molecular formula is C16H23NO2. The highest BCUT2D eigenvalue weighted by Crippen LogP contribution is 2.51. The summed E-state index contributed by atoms with van der Waals surface area (Å²) in [6, 6.07) is 6.25. The van der Waals surface area contributed by atoms with Gasteiger partial charge in [-0.05, 0) is 42.0 Å². The SMILES string of the molecule is CC1(C)CC1CNCc1ccc2c(c1)OCCCO2. The minimum Gasteiger partial charge on any atom is -0.490 e. The van der Waals surface area contributed by atoms with Crippen LogP contribution in [0.4, 0.5) is 0 Å². The van der Waals surface area contributed by atoms with E-state index in [0.717, 1.165) is 50.1 Å². The van der Waals surface area contributed by atoms with Crippen molar-refractivity contribution in [2.75, 3.05) is 19.8 Å². The molecule has 19 heavy (non-hydrogen) atoms. The number of benzene rings is 1. The number of ether oxygens (including phenoxy) is 2. The van der Waals surface area contributed by atoms with E-state index in [1.165, 1.54) is 12.0 Å². The van der Waals surface area contributed by atoms with Crippen LogP contribution >= 0.6 is 0 Å². The molecule has 0 bridgehead atoms. The average molecular weight is 261 g/mol. The Morgan fingerprint density at radius 2 is 1.95 bits per heavy atom. The Labute approximate surface area is 115 Å². The van der Waals surface area contributed by atoms with Crippen LogP contribution in [-0.2, 0) is 6.54 Å². The minimum atomic E-state index is 0.553. The van der Waals surface area contributed by atoms with E-state index < -0.39 is 0 Å². The minimum absolute atomic E-state index is 0.553. The van der Waals surface area contributed by atoms with Gasteiger partial charge in [0.25, 0.3) is 0 Å². The van der Waals surface area contributed by atoms with Gasteiger partial charge in [0.15, 0.2) is 11.5 Å². The fourth-order valence-corrected chi connectivity index (χ4v) is 2.63. The van der Waals surface area contributed by atoms with Crippen molar-refractivity contribution in [2.24, 2.45) is 11.3 Å². The fourth-order valence-electron chi connectivity index (χ4n) is 2.63. The molecule has 2 aliphatic rings. The predicted molar refractivity (Wildman–Crippen MR) is 75.6 cm³/mol. The van der Waals surface area contributed by atoms with Gasteiger partial charge in [0.2, 0.25) is 0 Å². The molecule has 104 valence electrons. The Kier molecular flexibility index (Phi) is 3.40. The first-order chi connectivity index (χ1) is 9.15. The molecule has 1 atom stereocenters. The molecule has 1 fully saturated rings. The summed E-state index contributed by atoms with van der Waals surface area (Å²) in [5.41, 5.74) is 1.82. The second-order valence-electron chi connectivity index (χ2n) is 6.35. The van der Waals surface area contributed by atoms with Gasteiger partial charge >= 0.3 is 0 Å². The van der Waals surface area contributed by atoms with Crippen molar-refractivity contribution in [3.8, 4) is 11.5 Å². The lowest BCUT2D eigenvalue weighted by molar-refractivity contribution is 0.297. The molecule has 1 aromatic rings. The predicted octanol–water partition coefficient (Wildman–Crippen LogP) is 2.98. The second kappa shape index (κ2) is 5.04. The summed E-state index contributed by atoms with van der Waals surface area (Å²) < 4.78 is 11.3. The Hall–Kier alpha value is -1.22. The van der Waals surface area contributed by atoms with E-state index in [9.17, 15) is 0 Å². The maximum absolute atomic E-state index is 5.71. The summed E-state index contributed by atoms with van der Waals surface area (Å²) >= 11 is 0. The lowest BCUT2D eigenvalue weighted by atomic mass is 10.1. The number of hydrogen-bond acceptors (Lipinski definition) is 3. The molecule has 0 radical (unpaired) electrons. The summed E-state index contributed by atoms with van der Waals surface area (Å²) in [6.07, 6.45) is 2.31. The first-order valence-electron chi connectivity index (χ1n) is 7.24. The van der Waals surface area contributed by atoms with Gasteiger partial charge in [0.1, 0.15) is 0 Å². The molecule has 1 aliphatic carbocycles. The zero-order valence-electron chi connectivity index (χ0n) is 11.9. The van der Waals surface area contributed by atoms with E-state index in [2.05, 4.69) is 31.3 Å². The highest BCUT2D eigenvalue weighted by atomic mass is 16.5. The smallest absolute Gasteiger partial charge is 0.161 e. The van der Waals surface area contributed by atoms with E-state index >= 15 is 0 Å². The van der Waals surface area contributed by atoms with Gasteiger partial charge in [-0.3, -0.25) is 0 Å². The van der Waals surface area contributed by atoms with Crippen LogP contribution in [0, 0.1) is 11.3 Å². The van der Waals surface area contributed by atoms with Crippen molar-refractivity contribution in [3.63, 3.8) is 0 Å². The van der Waals surface area contributed by atoms with Crippen LogP contribution in [0.5, 0.6) is 11.5 Å². The van der Waals surface area contributed by atoms with Crippen LogP contribution < -0.4 is 14.8 Å². The Morgan fingerprint density at radius 1 is 1.21 bits per heavy atom. The number of fused-ring (bicyclic) bond motifs is 1. The fraction of sp³-hybridized carbons (Fsp3) is 0.625. The summed E-state index contributed by atoms with van der Waals surface area (Å²) in [4.78, 5) is 0. The quantitative estimate of drug-likeness (QED) is 0.904. The summed E-state index contributed by atoms with van der Waals surface area (Å²) in [5.74, 6) is 2.61. The van der Waals surface area contributed by atoms with Crippen LogP contribution in [-0.4, -0.2) is 19.8 Å². The topological polar surface area (TPSA) is 30.5 Å². The molecule has 3 heteroatoms. The Morgan fingerprint density at radius 3 is 2.68 bits per heavy atom. The molecule has 3 nitrogen and oxygen atoms in total. The van der Waals surface area contributed by atoms with Gasteiger partial charge in [-0.15, -0.1) is 0 Å². The van der Waals surface area contributed by atoms with Crippen LogP contribution in [0.15, 0.2) is 18.2 Å². The highest BCUT2D eigenvalue weighted by Gasteiger charge is 2.44. The molecule has 0 saturated heterocycles. The van der Waals surface area contributed by atoms with Gasteiger partial charge in [0, 0.05) is 13.0 Å². The summed E-state index contributed by atoms with van der Waals surface area (Å²) in [6.45, 7) is 8.20. The normalized spacial score (nSPS) is 23.8. The van der Waals surface area contributed by atoms with Gasteiger partial charge in [-0.1, -0.05) is 19.9 Å². The van der Waals surface area contributed by atoms with Crippen molar-refractivity contribution < 1.29 is 9.47 Å². The first-order valence-corrected chi connectivity index (χ1v) is 7.24. The van der Waals surface area contributed by atoms with Gasteiger partial charge in [0.05, 0.1) is 13.2 Å². The van der Waals surface area contributed by atoms with E-state index in [1.54, 1.807) is 0 Å². The summed E-state index contributed by atoms with van der Waals surface area (Å²) in [5, 5.41) is 3.55. The molecule has 1 aromatic carbocycles. The number of nitrogens with one attached hydrogen (secondary N) is 1. The number of rotatable bonds is 4. The second-order valence-corrected chi connectivity index (χ2v) is 6.35. The molecular weight excluding hydrogens is 238 g/mol. The van der Waals surface area contributed by atoms with Crippen LogP contribution in [0.25, 0.3) is 0 Å². The third kappa shape index (κ3) is 3.03. The van der Waals surface area contributed by atoms with Crippen molar-refractivity contribution in [1.82, 2.24) is 5.32 Å². The van der Waals surface area contributed by atoms with Gasteiger partial charge in [-0.25, -0.2) is 0 Å². The average Bonchev–Trinajstić information content (AvgIpc) is 3.05. The van der Waals surface area contributed by atoms with Crippen LogP contribution in [0.2, 0.25) is 0 Å². The highest BCUT2D eigenvalue weighted by molar-refractivity contribution is 5.43. The van der Waals surface area contributed by atoms with Crippen molar-refractivity contribution in [1.29, 1.82) is 0 Å². The zero-order valence-corrected chi connectivity index (χ0v) is 11.9. The molecule has 0 aromatic heterocycles. The van der Waals surface area contributed by atoms with Gasteiger partial charge < -0.3 is 14.8 Å². The van der Waals surface area contributed by atoms with Crippen molar-refractivity contribution >= 4 is 0 Å². The molecule has 3 rings (SSSR count). The molecule has 0 spiro atoms. The van der Waals surface area contributed by atoms with E-state index in [1.807, 2.05) is 6.07 Å². The Balaban J connectivity index is 1.55. The van der Waals surface area contributed by atoms with Crippen molar-refractivity contribution in [3.05, 3.63) is 23.8 Å². The maximum Gasteiger partial charge on any atom is 0.161 e. The maximum atomic E-state index is 5.71. The molecule has 0 amide bonds. The van der Waals surface area contributed by atoms with E-state index in [0.29, 0.717) is 5.41 Å². The number of hydrogen-bond donors (Lipinski definition) is 1. The Bertz CT molecular complexity index is 456. The molecule has 1 aliphatic heterocycles. The third-order valence-electron chi connectivity index (χ3n) is 4.25. The van der Waals surface area contributed by atoms with E-state index in [-0.39, 0.29) is 0 Å². The lowest BCUT2D eigenvalue weighted by Crippen LogP contribution is -2.18.